The van der Waals surface area contributed by atoms with Crippen molar-refractivity contribution in [2.24, 2.45) is 0 Å². The van der Waals surface area contributed by atoms with Crippen LogP contribution in [0.1, 0.15) is 18.9 Å². The van der Waals surface area contributed by atoms with Crippen LogP contribution >= 0.6 is 11.6 Å². The van der Waals surface area contributed by atoms with E-state index in [2.05, 4.69) is 22.4 Å². The zero-order chi connectivity index (χ0) is 18.5. The third-order valence-corrected chi connectivity index (χ3v) is 4.45. The summed E-state index contributed by atoms with van der Waals surface area (Å²) in [6, 6.07) is 15.1. The number of hydrogen-bond acceptors (Lipinski definition) is 3. The van der Waals surface area contributed by atoms with Gasteiger partial charge in [-0.2, -0.15) is 0 Å². The molecule has 0 spiro atoms. The van der Waals surface area contributed by atoms with E-state index in [9.17, 15) is 9.59 Å². The van der Waals surface area contributed by atoms with Crippen LogP contribution in [0.3, 0.4) is 0 Å². The molecule has 1 amide bonds. The molecular formula is C20H20ClN3O2. The van der Waals surface area contributed by atoms with Crippen molar-refractivity contribution in [3.63, 3.8) is 0 Å². The van der Waals surface area contributed by atoms with Crippen molar-refractivity contribution in [1.29, 1.82) is 0 Å². The molecule has 0 aliphatic carbocycles. The van der Waals surface area contributed by atoms with E-state index in [1.54, 1.807) is 18.2 Å². The van der Waals surface area contributed by atoms with Crippen molar-refractivity contribution in [3.05, 3.63) is 75.8 Å². The largest absolute Gasteiger partial charge is 0.352 e. The van der Waals surface area contributed by atoms with Gasteiger partial charge < -0.3 is 5.32 Å². The zero-order valence-corrected chi connectivity index (χ0v) is 15.2. The number of fused-ring (bicyclic) bond motifs is 1. The summed E-state index contributed by atoms with van der Waals surface area (Å²) in [5, 5.41) is 3.90. The van der Waals surface area contributed by atoms with Gasteiger partial charge in [-0.3, -0.25) is 14.2 Å². The van der Waals surface area contributed by atoms with E-state index in [1.165, 1.54) is 16.5 Å². The van der Waals surface area contributed by atoms with Crippen LogP contribution in [0, 0.1) is 0 Å². The lowest BCUT2D eigenvalue weighted by molar-refractivity contribution is -0.122. The number of halogens is 1. The molecule has 2 aromatic carbocycles. The van der Waals surface area contributed by atoms with Crippen LogP contribution in [0.25, 0.3) is 10.9 Å². The number of amides is 1. The van der Waals surface area contributed by atoms with Crippen LogP contribution in [0.2, 0.25) is 5.02 Å². The number of aryl methyl sites for hydroxylation is 1. The van der Waals surface area contributed by atoms with Crippen LogP contribution in [0.4, 0.5) is 0 Å². The molecule has 0 bridgehead atoms. The Morgan fingerprint density at radius 2 is 2.00 bits per heavy atom. The molecule has 5 nitrogen and oxygen atoms in total. The Morgan fingerprint density at radius 1 is 1.23 bits per heavy atom. The van der Waals surface area contributed by atoms with E-state index in [1.807, 2.05) is 25.1 Å². The van der Waals surface area contributed by atoms with E-state index in [0.29, 0.717) is 15.9 Å². The molecular weight excluding hydrogens is 350 g/mol. The number of carbonyl (C=O) groups excluding carboxylic acids is 1. The average Bonchev–Trinajstić information content (AvgIpc) is 2.63. The molecule has 3 rings (SSSR count). The fraction of sp³-hybridized carbons (Fsp3) is 0.250. The molecule has 0 fully saturated rings. The maximum absolute atomic E-state index is 12.5. The molecule has 0 aliphatic heterocycles. The van der Waals surface area contributed by atoms with Crippen molar-refractivity contribution in [2.75, 3.05) is 0 Å². The summed E-state index contributed by atoms with van der Waals surface area (Å²) in [7, 11) is 0. The van der Waals surface area contributed by atoms with Crippen LogP contribution in [-0.4, -0.2) is 21.5 Å². The minimum absolute atomic E-state index is 0.0191. The SMILES string of the molecule is CC(CCc1ccccc1)NC(=O)Cn1cnc2cc(Cl)ccc2c1=O. The standard InChI is InChI=1S/C20H20ClN3O2/c1-14(7-8-15-5-3-2-4-6-15)23-19(25)12-24-13-22-18-11-16(21)9-10-17(18)20(24)26/h2-6,9-11,13-14H,7-8,12H2,1H3,(H,23,25). The quantitative estimate of drug-likeness (QED) is 0.725. The van der Waals surface area contributed by atoms with Crippen molar-refractivity contribution in [1.82, 2.24) is 14.9 Å². The Hall–Kier alpha value is -2.66. The van der Waals surface area contributed by atoms with Crippen molar-refractivity contribution in [2.45, 2.75) is 32.4 Å². The van der Waals surface area contributed by atoms with Gasteiger partial charge in [0.25, 0.3) is 5.56 Å². The molecule has 0 radical (unpaired) electrons. The Morgan fingerprint density at radius 3 is 2.77 bits per heavy atom. The first-order valence-corrected chi connectivity index (χ1v) is 8.89. The van der Waals surface area contributed by atoms with Crippen molar-refractivity contribution in [3.8, 4) is 0 Å². The summed E-state index contributed by atoms with van der Waals surface area (Å²) in [5.74, 6) is -0.206. The summed E-state index contributed by atoms with van der Waals surface area (Å²) < 4.78 is 1.31. The van der Waals surface area contributed by atoms with Crippen LogP contribution in [-0.2, 0) is 17.8 Å². The highest BCUT2D eigenvalue weighted by atomic mass is 35.5. The van der Waals surface area contributed by atoms with Crippen LogP contribution < -0.4 is 10.9 Å². The maximum Gasteiger partial charge on any atom is 0.261 e. The van der Waals surface area contributed by atoms with Crippen molar-refractivity contribution >= 4 is 28.4 Å². The number of rotatable bonds is 6. The predicted octanol–water partition coefficient (Wildman–Crippen LogP) is 3.19. The zero-order valence-electron chi connectivity index (χ0n) is 14.5. The summed E-state index contributed by atoms with van der Waals surface area (Å²) in [4.78, 5) is 28.9. The molecule has 1 N–H and O–H groups in total. The fourth-order valence-electron chi connectivity index (χ4n) is 2.82. The normalized spacial score (nSPS) is 12.1. The predicted molar refractivity (Wildman–Crippen MR) is 103 cm³/mol. The van der Waals surface area contributed by atoms with Gasteiger partial charge in [0.2, 0.25) is 5.91 Å². The fourth-order valence-corrected chi connectivity index (χ4v) is 2.99. The molecule has 6 heteroatoms. The minimum Gasteiger partial charge on any atom is -0.352 e. The van der Waals surface area contributed by atoms with Gasteiger partial charge in [0.15, 0.2) is 0 Å². The minimum atomic E-state index is -0.251. The summed E-state index contributed by atoms with van der Waals surface area (Å²) >= 11 is 5.91. The Balaban J connectivity index is 1.61. The van der Waals surface area contributed by atoms with Crippen LogP contribution in [0.15, 0.2) is 59.7 Å². The monoisotopic (exact) mass is 369 g/mol. The average molecular weight is 370 g/mol. The first-order chi connectivity index (χ1) is 12.5. The molecule has 0 aliphatic rings. The number of aromatic nitrogens is 2. The molecule has 0 saturated heterocycles. The van der Waals surface area contributed by atoms with Gasteiger partial charge in [0.05, 0.1) is 17.2 Å². The first kappa shape index (κ1) is 18.1. The lowest BCUT2D eigenvalue weighted by Gasteiger charge is -2.14. The second-order valence-electron chi connectivity index (χ2n) is 6.33. The second-order valence-corrected chi connectivity index (χ2v) is 6.77. The summed E-state index contributed by atoms with van der Waals surface area (Å²) in [6.45, 7) is 1.91. The second kappa shape index (κ2) is 8.15. The molecule has 26 heavy (non-hydrogen) atoms. The number of nitrogens with one attached hydrogen (secondary N) is 1. The molecule has 0 saturated carbocycles. The lowest BCUT2D eigenvalue weighted by Crippen LogP contribution is -2.37. The van der Waals surface area contributed by atoms with E-state index in [4.69, 9.17) is 11.6 Å². The van der Waals surface area contributed by atoms with Gasteiger partial charge in [0.1, 0.15) is 6.54 Å². The molecule has 1 unspecified atom stereocenters. The van der Waals surface area contributed by atoms with Crippen LogP contribution in [0.5, 0.6) is 0 Å². The van der Waals surface area contributed by atoms with Gasteiger partial charge in [-0.1, -0.05) is 41.9 Å². The topological polar surface area (TPSA) is 64.0 Å². The van der Waals surface area contributed by atoms with Gasteiger partial charge in [0, 0.05) is 11.1 Å². The number of nitrogens with zero attached hydrogens (tertiary/aromatic N) is 2. The first-order valence-electron chi connectivity index (χ1n) is 8.51. The number of benzene rings is 2. The summed E-state index contributed by atoms with van der Waals surface area (Å²) in [6.07, 6.45) is 3.11. The highest BCUT2D eigenvalue weighted by molar-refractivity contribution is 6.31. The summed E-state index contributed by atoms with van der Waals surface area (Å²) in [5.41, 5.74) is 1.51. The Kier molecular flexibility index (Phi) is 5.68. The Labute approximate surface area is 156 Å². The molecule has 1 heterocycles. The van der Waals surface area contributed by atoms with Crippen molar-refractivity contribution < 1.29 is 4.79 Å². The van der Waals surface area contributed by atoms with E-state index >= 15 is 0 Å². The molecule has 1 aromatic heterocycles. The Bertz CT molecular complexity index is 970. The van der Waals surface area contributed by atoms with Gasteiger partial charge in [-0.25, -0.2) is 4.98 Å². The van der Waals surface area contributed by atoms with Gasteiger partial charge >= 0.3 is 0 Å². The molecule has 134 valence electrons. The highest BCUT2D eigenvalue weighted by Gasteiger charge is 2.11. The third-order valence-electron chi connectivity index (χ3n) is 4.22. The number of carbonyl (C=O) groups is 1. The van der Waals surface area contributed by atoms with E-state index in [-0.39, 0.29) is 24.1 Å². The molecule has 3 aromatic rings. The third kappa shape index (κ3) is 4.49. The van der Waals surface area contributed by atoms with E-state index in [0.717, 1.165) is 12.8 Å². The van der Waals surface area contributed by atoms with Gasteiger partial charge in [-0.15, -0.1) is 0 Å². The number of hydrogen-bond donors (Lipinski definition) is 1. The smallest absolute Gasteiger partial charge is 0.261 e. The maximum atomic E-state index is 12.5. The lowest BCUT2D eigenvalue weighted by atomic mass is 10.1. The molecule has 1 atom stereocenters. The van der Waals surface area contributed by atoms with Gasteiger partial charge in [-0.05, 0) is 43.5 Å². The highest BCUT2D eigenvalue weighted by Crippen LogP contribution is 2.14. The van der Waals surface area contributed by atoms with E-state index < -0.39 is 0 Å².